The number of rotatable bonds is 6. The molecule has 0 saturated carbocycles. The summed E-state index contributed by atoms with van der Waals surface area (Å²) < 4.78 is 43.9. The molecule has 0 atom stereocenters. The zero-order chi connectivity index (χ0) is 22.6. The van der Waals surface area contributed by atoms with Crippen LogP contribution >= 0.6 is 0 Å². The molecule has 5 nitrogen and oxygen atoms in total. The summed E-state index contributed by atoms with van der Waals surface area (Å²) in [6.45, 7) is 3.16. The minimum absolute atomic E-state index is 0.00586. The van der Waals surface area contributed by atoms with E-state index in [2.05, 4.69) is 10.3 Å². The molecule has 0 saturated heterocycles. The Bertz CT molecular complexity index is 1130. The lowest BCUT2D eigenvalue weighted by atomic mass is 10.0. The van der Waals surface area contributed by atoms with Gasteiger partial charge in [0.05, 0.1) is 5.56 Å². The summed E-state index contributed by atoms with van der Waals surface area (Å²) in [4.78, 5) is 29.0. The molecule has 8 heteroatoms. The zero-order valence-electron chi connectivity index (χ0n) is 16.8. The van der Waals surface area contributed by atoms with Crippen LogP contribution < -0.4 is 5.32 Å². The number of aromatic nitrogens is 1. The number of pyridine rings is 1. The van der Waals surface area contributed by atoms with Gasteiger partial charge in [-0.25, -0.2) is 9.78 Å². The molecular formula is C23H19F3N2O3. The summed E-state index contributed by atoms with van der Waals surface area (Å²) in [6, 6.07) is 12.8. The number of alkyl halides is 3. The van der Waals surface area contributed by atoms with Gasteiger partial charge in [-0.2, -0.15) is 13.2 Å². The number of nitrogens with zero attached hydrogens (tertiary/aromatic N) is 1. The normalized spacial score (nSPS) is 11.1. The first-order chi connectivity index (χ1) is 14.6. The molecule has 0 unspecified atom stereocenters. The van der Waals surface area contributed by atoms with E-state index in [0.717, 1.165) is 23.3 Å². The molecule has 3 aromatic rings. The van der Waals surface area contributed by atoms with E-state index in [0.29, 0.717) is 5.56 Å². The van der Waals surface area contributed by atoms with E-state index in [9.17, 15) is 22.8 Å². The number of hydrogen-bond donors (Lipinski definition) is 1. The molecule has 2 aromatic carbocycles. The fourth-order valence-electron chi connectivity index (χ4n) is 2.90. The lowest BCUT2D eigenvalue weighted by Crippen LogP contribution is -2.16. The van der Waals surface area contributed by atoms with Gasteiger partial charge in [0.2, 0.25) is 5.78 Å². The third-order valence-corrected chi connectivity index (χ3v) is 4.51. The molecule has 0 aliphatic heterocycles. The van der Waals surface area contributed by atoms with E-state index in [1.807, 2.05) is 19.1 Å². The molecule has 3 rings (SSSR count). The van der Waals surface area contributed by atoms with E-state index in [1.54, 1.807) is 13.0 Å². The summed E-state index contributed by atoms with van der Waals surface area (Å²) in [5.41, 5.74) is 1.39. The molecule has 31 heavy (non-hydrogen) atoms. The molecule has 1 heterocycles. The quantitative estimate of drug-likeness (QED) is 0.415. The Labute approximate surface area is 176 Å². The van der Waals surface area contributed by atoms with Crippen LogP contribution in [0.2, 0.25) is 0 Å². The highest BCUT2D eigenvalue weighted by molar-refractivity contribution is 6.01. The third-order valence-electron chi connectivity index (χ3n) is 4.51. The molecule has 1 N–H and O–H groups in total. The van der Waals surface area contributed by atoms with Gasteiger partial charge in [-0.1, -0.05) is 23.8 Å². The van der Waals surface area contributed by atoms with Crippen LogP contribution in [-0.4, -0.2) is 23.3 Å². The SMILES string of the molecule is Cc1ccc(C)c(C(=O)COC(=O)c2cccnc2Nc2cccc(C(F)(F)F)c2)c1. The highest BCUT2D eigenvalue weighted by Gasteiger charge is 2.30. The molecule has 0 spiro atoms. The van der Waals surface area contributed by atoms with Crippen molar-refractivity contribution in [1.82, 2.24) is 4.98 Å². The molecule has 0 aliphatic rings. The van der Waals surface area contributed by atoms with Crippen LogP contribution in [0.25, 0.3) is 0 Å². The smallest absolute Gasteiger partial charge is 0.416 e. The molecule has 0 bridgehead atoms. The fraction of sp³-hybridized carbons (Fsp3) is 0.174. The van der Waals surface area contributed by atoms with Crippen LogP contribution in [0.4, 0.5) is 24.7 Å². The van der Waals surface area contributed by atoms with Gasteiger partial charge >= 0.3 is 12.1 Å². The standard InChI is InChI=1S/C23H19F3N2O3/c1-14-8-9-15(2)19(11-14)20(29)13-31-22(30)18-7-4-10-27-21(18)28-17-6-3-5-16(12-17)23(24,25)26/h3-12H,13H2,1-2H3,(H,27,28). The third kappa shape index (κ3) is 5.48. The summed E-state index contributed by atoms with van der Waals surface area (Å²) in [7, 11) is 0. The van der Waals surface area contributed by atoms with Gasteiger partial charge in [-0.15, -0.1) is 0 Å². The Kier molecular flexibility index (Phi) is 6.39. The lowest BCUT2D eigenvalue weighted by Gasteiger charge is -2.13. The van der Waals surface area contributed by atoms with Gasteiger partial charge in [-0.05, 0) is 55.8 Å². The number of ether oxygens (including phenoxy) is 1. The molecule has 0 radical (unpaired) electrons. The van der Waals surface area contributed by atoms with Crippen molar-refractivity contribution in [2.75, 3.05) is 11.9 Å². The average Bonchev–Trinajstić information content (AvgIpc) is 2.73. The maximum atomic E-state index is 12.9. The summed E-state index contributed by atoms with van der Waals surface area (Å²) in [6.07, 6.45) is -3.12. The van der Waals surface area contributed by atoms with Crippen molar-refractivity contribution in [2.24, 2.45) is 0 Å². The van der Waals surface area contributed by atoms with Crippen molar-refractivity contribution in [3.63, 3.8) is 0 Å². The second-order valence-electron chi connectivity index (χ2n) is 6.92. The largest absolute Gasteiger partial charge is 0.454 e. The maximum Gasteiger partial charge on any atom is 0.416 e. The number of nitrogens with one attached hydrogen (secondary N) is 1. The number of aryl methyl sites for hydroxylation is 2. The molecule has 1 aromatic heterocycles. The molecule has 0 aliphatic carbocycles. The van der Waals surface area contributed by atoms with Gasteiger partial charge in [0, 0.05) is 17.4 Å². The predicted octanol–water partition coefficient (Wildman–Crippen LogP) is 5.50. The summed E-state index contributed by atoms with van der Waals surface area (Å²) in [5, 5.41) is 2.70. The van der Waals surface area contributed by atoms with Gasteiger partial charge in [0.1, 0.15) is 11.4 Å². The van der Waals surface area contributed by atoms with E-state index in [4.69, 9.17) is 4.74 Å². The van der Waals surface area contributed by atoms with Crippen molar-refractivity contribution >= 4 is 23.3 Å². The number of halogens is 3. The van der Waals surface area contributed by atoms with Crippen molar-refractivity contribution < 1.29 is 27.5 Å². The van der Waals surface area contributed by atoms with Crippen LogP contribution in [0, 0.1) is 13.8 Å². The van der Waals surface area contributed by atoms with Crippen LogP contribution in [0.3, 0.4) is 0 Å². The predicted molar refractivity (Wildman–Crippen MR) is 109 cm³/mol. The monoisotopic (exact) mass is 428 g/mol. The van der Waals surface area contributed by atoms with Crippen molar-refractivity contribution in [3.05, 3.63) is 88.6 Å². The summed E-state index contributed by atoms with van der Waals surface area (Å²) >= 11 is 0. The van der Waals surface area contributed by atoms with Gasteiger partial charge in [0.15, 0.2) is 6.61 Å². The minimum Gasteiger partial charge on any atom is -0.454 e. The Morgan fingerprint density at radius 1 is 1.00 bits per heavy atom. The first kappa shape index (κ1) is 22.0. The number of benzene rings is 2. The van der Waals surface area contributed by atoms with E-state index in [1.165, 1.54) is 30.5 Å². The molecule has 0 fully saturated rings. The van der Waals surface area contributed by atoms with Crippen LogP contribution in [-0.2, 0) is 10.9 Å². The van der Waals surface area contributed by atoms with Gasteiger partial charge in [-0.3, -0.25) is 4.79 Å². The Hall–Kier alpha value is -3.68. The average molecular weight is 428 g/mol. The number of ketones is 1. The number of Topliss-reactive ketones (excluding diaryl/α,β-unsaturated/α-hetero) is 1. The second kappa shape index (κ2) is 8.99. The minimum atomic E-state index is -4.50. The number of carbonyl (C=O) groups excluding carboxylic acids is 2. The van der Waals surface area contributed by atoms with Gasteiger partial charge in [0.25, 0.3) is 0 Å². The molecule has 0 amide bonds. The van der Waals surface area contributed by atoms with Gasteiger partial charge < -0.3 is 10.1 Å². The van der Waals surface area contributed by atoms with E-state index >= 15 is 0 Å². The second-order valence-corrected chi connectivity index (χ2v) is 6.92. The van der Waals surface area contributed by atoms with E-state index in [-0.39, 0.29) is 22.9 Å². The molecular weight excluding hydrogens is 409 g/mol. The van der Waals surface area contributed by atoms with Crippen LogP contribution in [0.5, 0.6) is 0 Å². The Morgan fingerprint density at radius 2 is 1.77 bits per heavy atom. The van der Waals surface area contributed by atoms with Crippen molar-refractivity contribution in [1.29, 1.82) is 0 Å². The molecule has 160 valence electrons. The zero-order valence-corrected chi connectivity index (χ0v) is 16.8. The highest BCUT2D eigenvalue weighted by Crippen LogP contribution is 2.31. The van der Waals surface area contributed by atoms with E-state index < -0.39 is 24.3 Å². The number of carbonyl (C=O) groups is 2. The van der Waals surface area contributed by atoms with Crippen molar-refractivity contribution in [2.45, 2.75) is 20.0 Å². The van der Waals surface area contributed by atoms with Crippen LogP contribution in [0.15, 0.2) is 60.8 Å². The maximum absolute atomic E-state index is 12.9. The van der Waals surface area contributed by atoms with Crippen LogP contribution in [0.1, 0.15) is 37.4 Å². The first-order valence-electron chi connectivity index (χ1n) is 9.32. The number of esters is 1. The first-order valence-corrected chi connectivity index (χ1v) is 9.32. The highest BCUT2D eigenvalue weighted by atomic mass is 19.4. The topological polar surface area (TPSA) is 68.3 Å². The number of anilines is 2. The lowest BCUT2D eigenvalue weighted by molar-refractivity contribution is -0.137. The Morgan fingerprint density at radius 3 is 2.52 bits per heavy atom. The Balaban J connectivity index is 1.75. The fourth-order valence-corrected chi connectivity index (χ4v) is 2.90. The van der Waals surface area contributed by atoms with Crippen molar-refractivity contribution in [3.8, 4) is 0 Å². The number of hydrogen-bond acceptors (Lipinski definition) is 5. The summed E-state index contributed by atoms with van der Waals surface area (Å²) in [5.74, 6) is -1.15.